The number of amides is 1. The highest BCUT2D eigenvalue weighted by Crippen LogP contribution is 2.13. The fourth-order valence-electron chi connectivity index (χ4n) is 1.81. The van der Waals surface area contributed by atoms with Gasteiger partial charge in [0.2, 0.25) is 0 Å². The summed E-state index contributed by atoms with van der Waals surface area (Å²) in [5.41, 5.74) is 0.511. The third-order valence-electron chi connectivity index (χ3n) is 2.66. The Bertz CT molecular complexity index is 514. The molecule has 20 heavy (non-hydrogen) atoms. The number of aliphatic hydroxyl groups excluding tert-OH is 2. The van der Waals surface area contributed by atoms with E-state index in [1.165, 1.54) is 17.0 Å². The van der Waals surface area contributed by atoms with Gasteiger partial charge in [-0.25, -0.2) is 4.39 Å². The molecule has 0 heterocycles. The minimum Gasteiger partial charge on any atom is -0.395 e. The predicted octanol–water partition coefficient (Wildman–Crippen LogP) is 1.01. The number of rotatable bonds is 5. The Balaban J connectivity index is 3.14. The smallest absolute Gasteiger partial charge is 0.255 e. The molecule has 1 aromatic carbocycles. The molecule has 4 nitrogen and oxygen atoms in total. The molecule has 108 valence electrons. The largest absolute Gasteiger partial charge is 0.395 e. The standard InChI is InChI=1S/C15H18FNO3/c1-2-7-17(8-10-19)15(20)14-11-13(16)6-5-12(14)4-3-9-18/h5-6,11,18-19H,2,7-10H2,1H3. The third-order valence-corrected chi connectivity index (χ3v) is 2.66. The van der Waals surface area contributed by atoms with Gasteiger partial charge in [0.15, 0.2) is 0 Å². The van der Waals surface area contributed by atoms with Gasteiger partial charge in [0, 0.05) is 18.7 Å². The zero-order valence-corrected chi connectivity index (χ0v) is 11.4. The first kappa shape index (κ1) is 16.2. The number of hydrogen-bond acceptors (Lipinski definition) is 3. The molecule has 1 aromatic rings. The van der Waals surface area contributed by atoms with Crippen LogP contribution in [0, 0.1) is 17.7 Å². The Hall–Kier alpha value is -1.90. The van der Waals surface area contributed by atoms with E-state index in [0.29, 0.717) is 12.1 Å². The number of aliphatic hydroxyl groups is 2. The lowest BCUT2D eigenvalue weighted by Gasteiger charge is -2.21. The molecule has 0 atom stereocenters. The lowest BCUT2D eigenvalue weighted by atomic mass is 10.1. The van der Waals surface area contributed by atoms with Crippen molar-refractivity contribution in [3.63, 3.8) is 0 Å². The average molecular weight is 279 g/mol. The minimum atomic E-state index is -0.525. The van der Waals surface area contributed by atoms with E-state index >= 15 is 0 Å². The van der Waals surface area contributed by atoms with Crippen LogP contribution in [-0.2, 0) is 0 Å². The summed E-state index contributed by atoms with van der Waals surface area (Å²) in [6.45, 7) is 2.09. The van der Waals surface area contributed by atoms with E-state index in [9.17, 15) is 9.18 Å². The Morgan fingerprint density at radius 3 is 2.70 bits per heavy atom. The molecule has 0 aliphatic rings. The molecule has 2 N–H and O–H groups in total. The van der Waals surface area contributed by atoms with Gasteiger partial charge in [-0.1, -0.05) is 18.8 Å². The minimum absolute atomic E-state index is 0.146. The van der Waals surface area contributed by atoms with Gasteiger partial charge >= 0.3 is 0 Å². The normalized spacial score (nSPS) is 9.80. The van der Waals surface area contributed by atoms with Gasteiger partial charge in [0.05, 0.1) is 12.2 Å². The molecule has 0 fully saturated rings. The summed E-state index contributed by atoms with van der Waals surface area (Å²) in [5.74, 6) is 4.18. The number of carbonyl (C=O) groups is 1. The number of hydrogen-bond donors (Lipinski definition) is 2. The molecule has 0 radical (unpaired) electrons. The summed E-state index contributed by atoms with van der Waals surface area (Å²) >= 11 is 0. The number of nitrogens with zero attached hydrogens (tertiary/aromatic N) is 1. The lowest BCUT2D eigenvalue weighted by molar-refractivity contribution is 0.0721. The summed E-state index contributed by atoms with van der Waals surface area (Å²) in [7, 11) is 0. The van der Waals surface area contributed by atoms with E-state index in [0.717, 1.165) is 12.5 Å². The Morgan fingerprint density at radius 1 is 1.35 bits per heavy atom. The molecule has 0 saturated carbocycles. The second-order valence-corrected chi connectivity index (χ2v) is 4.17. The van der Waals surface area contributed by atoms with Crippen molar-refractivity contribution in [2.24, 2.45) is 0 Å². The topological polar surface area (TPSA) is 60.8 Å². The maximum Gasteiger partial charge on any atom is 0.255 e. The molecular weight excluding hydrogens is 261 g/mol. The van der Waals surface area contributed by atoms with Crippen LogP contribution in [0.3, 0.4) is 0 Å². The maximum absolute atomic E-state index is 13.3. The van der Waals surface area contributed by atoms with Gasteiger partial charge in [-0.05, 0) is 24.6 Å². The van der Waals surface area contributed by atoms with Gasteiger partial charge in [-0.15, -0.1) is 0 Å². The van der Waals surface area contributed by atoms with Gasteiger partial charge in [0.25, 0.3) is 5.91 Å². The fraction of sp³-hybridized carbons (Fsp3) is 0.400. The third kappa shape index (κ3) is 4.34. The number of halogens is 1. The van der Waals surface area contributed by atoms with Crippen molar-refractivity contribution in [1.29, 1.82) is 0 Å². The van der Waals surface area contributed by atoms with Crippen LogP contribution in [0.4, 0.5) is 4.39 Å². The zero-order chi connectivity index (χ0) is 15.0. The molecule has 0 aromatic heterocycles. The Morgan fingerprint density at radius 2 is 2.10 bits per heavy atom. The van der Waals surface area contributed by atoms with E-state index in [1.54, 1.807) is 0 Å². The van der Waals surface area contributed by atoms with Crippen molar-refractivity contribution < 1.29 is 19.4 Å². The highest BCUT2D eigenvalue weighted by Gasteiger charge is 2.18. The number of carbonyl (C=O) groups excluding carboxylic acids is 1. The van der Waals surface area contributed by atoms with E-state index < -0.39 is 5.82 Å². The first-order chi connectivity index (χ1) is 9.63. The molecule has 0 aliphatic heterocycles. The molecule has 0 unspecified atom stereocenters. The summed E-state index contributed by atoms with van der Waals surface area (Å²) in [6, 6.07) is 3.76. The predicted molar refractivity (Wildman–Crippen MR) is 73.6 cm³/mol. The maximum atomic E-state index is 13.3. The van der Waals surface area contributed by atoms with Gasteiger partial charge < -0.3 is 15.1 Å². The molecule has 0 bridgehead atoms. The van der Waals surface area contributed by atoms with E-state index in [2.05, 4.69) is 11.8 Å². The lowest BCUT2D eigenvalue weighted by Crippen LogP contribution is -2.34. The van der Waals surface area contributed by atoms with Crippen LogP contribution < -0.4 is 0 Å². The second kappa shape index (κ2) is 8.31. The van der Waals surface area contributed by atoms with Crippen LogP contribution in [-0.4, -0.2) is 47.3 Å². The quantitative estimate of drug-likeness (QED) is 0.791. The molecule has 0 aliphatic carbocycles. The van der Waals surface area contributed by atoms with Gasteiger partial charge in [-0.3, -0.25) is 4.79 Å². The monoisotopic (exact) mass is 279 g/mol. The highest BCUT2D eigenvalue weighted by molar-refractivity contribution is 5.96. The Labute approximate surface area is 117 Å². The van der Waals surface area contributed by atoms with Crippen LogP contribution in [0.15, 0.2) is 18.2 Å². The van der Waals surface area contributed by atoms with Crippen LogP contribution in [0.1, 0.15) is 29.3 Å². The van der Waals surface area contributed by atoms with E-state index in [4.69, 9.17) is 10.2 Å². The van der Waals surface area contributed by atoms with Crippen LogP contribution in [0.5, 0.6) is 0 Å². The first-order valence-corrected chi connectivity index (χ1v) is 6.43. The summed E-state index contributed by atoms with van der Waals surface area (Å²) in [6.07, 6.45) is 0.735. The van der Waals surface area contributed by atoms with Crippen molar-refractivity contribution in [2.75, 3.05) is 26.3 Å². The van der Waals surface area contributed by atoms with Crippen molar-refractivity contribution in [3.8, 4) is 11.8 Å². The van der Waals surface area contributed by atoms with Crippen molar-refractivity contribution in [3.05, 3.63) is 35.1 Å². The zero-order valence-electron chi connectivity index (χ0n) is 11.4. The molecule has 1 amide bonds. The second-order valence-electron chi connectivity index (χ2n) is 4.17. The summed E-state index contributed by atoms with van der Waals surface area (Å²) in [5, 5.41) is 17.7. The van der Waals surface area contributed by atoms with Gasteiger partial charge in [-0.2, -0.15) is 0 Å². The number of benzene rings is 1. The van der Waals surface area contributed by atoms with Crippen molar-refractivity contribution in [2.45, 2.75) is 13.3 Å². The molecule has 5 heteroatoms. The van der Waals surface area contributed by atoms with E-state index in [-0.39, 0.29) is 31.2 Å². The van der Waals surface area contributed by atoms with Crippen LogP contribution in [0.25, 0.3) is 0 Å². The van der Waals surface area contributed by atoms with Crippen LogP contribution in [0.2, 0.25) is 0 Å². The molecule has 0 spiro atoms. The first-order valence-electron chi connectivity index (χ1n) is 6.43. The van der Waals surface area contributed by atoms with E-state index in [1.807, 2.05) is 6.92 Å². The SMILES string of the molecule is CCCN(CCO)C(=O)c1cc(F)ccc1C#CCO. The summed E-state index contributed by atoms with van der Waals surface area (Å²) < 4.78 is 13.3. The van der Waals surface area contributed by atoms with Crippen molar-refractivity contribution in [1.82, 2.24) is 4.90 Å². The summed E-state index contributed by atoms with van der Waals surface area (Å²) in [4.78, 5) is 13.8. The Kier molecular flexibility index (Phi) is 6.71. The fourth-order valence-corrected chi connectivity index (χ4v) is 1.81. The average Bonchev–Trinajstić information content (AvgIpc) is 2.45. The molecular formula is C15H18FNO3. The van der Waals surface area contributed by atoms with Crippen molar-refractivity contribution >= 4 is 5.91 Å². The molecule has 0 saturated heterocycles. The van der Waals surface area contributed by atoms with Crippen LogP contribution >= 0.6 is 0 Å². The van der Waals surface area contributed by atoms with Gasteiger partial charge in [0.1, 0.15) is 12.4 Å². The highest BCUT2D eigenvalue weighted by atomic mass is 19.1. The molecule has 1 rings (SSSR count).